The first-order valence-corrected chi connectivity index (χ1v) is 5.85. The Balaban J connectivity index is 2.67. The SMILES string of the molecule is Cn1nc2c3cc(N)c([N+](=O)[O-])cc3n(C)c(=O)n2c1=O. The van der Waals surface area contributed by atoms with Crippen molar-refractivity contribution in [2.24, 2.45) is 14.1 Å². The van der Waals surface area contributed by atoms with Gasteiger partial charge < -0.3 is 5.73 Å². The quantitative estimate of drug-likeness (QED) is 0.361. The molecule has 0 spiro atoms. The number of nitro groups is 1. The zero-order valence-electron chi connectivity index (χ0n) is 11.1. The average molecular weight is 290 g/mol. The van der Waals surface area contributed by atoms with Crippen LogP contribution in [0, 0.1) is 10.1 Å². The number of nitrogen functional groups attached to an aromatic ring is 1. The smallest absolute Gasteiger partial charge is 0.354 e. The van der Waals surface area contributed by atoms with Crippen molar-refractivity contribution in [3.05, 3.63) is 43.2 Å². The van der Waals surface area contributed by atoms with Gasteiger partial charge in [-0.15, -0.1) is 5.10 Å². The third-order valence-electron chi connectivity index (χ3n) is 3.35. The predicted octanol–water partition coefficient (Wildman–Crippen LogP) is -0.625. The average Bonchev–Trinajstić information content (AvgIpc) is 2.72. The maximum Gasteiger partial charge on any atom is 0.354 e. The van der Waals surface area contributed by atoms with Crippen LogP contribution in [0.3, 0.4) is 0 Å². The Bertz CT molecular complexity index is 1040. The minimum absolute atomic E-state index is 0.0637. The van der Waals surface area contributed by atoms with Gasteiger partial charge in [0, 0.05) is 25.5 Å². The maximum atomic E-state index is 12.2. The van der Waals surface area contributed by atoms with Crippen LogP contribution in [0.2, 0.25) is 0 Å². The molecule has 2 heterocycles. The molecule has 108 valence electrons. The zero-order valence-corrected chi connectivity index (χ0v) is 11.1. The Morgan fingerprint density at radius 2 is 1.90 bits per heavy atom. The van der Waals surface area contributed by atoms with E-state index in [-0.39, 0.29) is 22.5 Å². The van der Waals surface area contributed by atoms with Crippen molar-refractivity contribution in [1.82, 2.24) is 18.7 Å². The molecular formula is C11H10N6O4. The van der Waals surface area contributed by atoms with Crippen LogP contribution >= 0.6 is 0 Å². The normalized spacial score (nSPS) is 11.3. The number of hydrogen-bond donors (Lipinski definition) is 1. The summed E-state index contributed by atoms with van der Waals surface area (Å²) in [5, 5.41) is 15.3. The van der Waals surface area contributed by atoms with E-state index in [1.54, 1.807) is 0 Å². The fraction of sp³-hybridized carbons (Fsp3) is 0.182. The fourth-order valence-corrected chi connectivity index (χ4v) is 2.27. The van der Waals surface area contributed by atoms with E-state index < -0.39 is 16.3 Å². The van der Waals surface area contributed by atoms with Gasteiger partial charge >= 0.3 is 11.4 Å². The molecule has 0 aliphatic carbocycles. The van der Waals surface area contributed by atoms with Crippen molar-refractivity contribution in [1.29, 1.82) is 0 Å². The summed E-state index contributed by atoms with van der Waals surface area (Å²) in [4.78, 5) is 34.4. The predicted molar refractivity (Wildman–Crippen MR) is 74.2 cm³/mol. The van der Waals surface area contributed by atoms with E-state index in [1.165, 1.54) is 26.2 Å². The van der Waals surface area contributed by atoms with Gasteiger partial charge in [-0.05, 0) is 6.07 Å². The lowest BCUT2D eigenvalue weighted by Gasteiger charge is -2.07. The van der Waals surface area contributed by atoms with Crippen LogP contribution in [0.25, 0.3) is 16.6 Å². The lowest BCUT2D eigenvalue weighted by Crippen LogP contribution is -2.33. The minimum Gasteiger partial charge on any atom is -0.393 e. The monoisotopic (exact) mass is 290 g/mol. The molecule has 0 saturated carbocycles. The second kappa shape index (κ2) is 3.91. The van der Waals surface area contributed by atoms with Crippen molar-refractivity contribution in [3.63, 3.8) is 0 Å². The number of nitro benzene ring substituents is 1. The molecule has 0 unspecified atom stereocenters. The van der Waals surface area contributed by atoms with E-state index in [0.717, 1.165) is 13.6 Å². The Labute approximate surface area is 115 Å². The minimum atomic E-state index is -0.631. The fourth-order valence-electron chi connectivity index (χ4n) is 2.27. The van der Waals surface area contributed by atoms with Crippen molar-refractivity contribution < 1.29 is 4.92 Å². The summed E-state index contributed by atoms with van der Waals surface area (Å²) in [6, 6.07) is 2.54. The van der Waals surface area contributed by atoms with E-state index in [9.17, 15) is 19.7 Å². The van der Waals surface area contributed by atoms with E-state index in [0.29, 0.717) is 5.39 Å². The van der Waals surface area contributed by atoms with Gasteiger partial charge in [0.2, 0.25) is 0 Å². The topological polar surface area (TPSA) is 130 Å². The Morgan fingerprint density at radius 1 is 1.24 bits per heavy atom. The standard InChI is InChI=1S/C11H10N6O4/c1-14-7-4-8(17(20)21)6(12)3-5(7)9-13-15(2)11(19)16(9)10(14)18/h3-4H,12H2,1-2H3. The summed E-state index contributed by atoms with van der Waals surface area (Å²) in [6.07, 6.45) is 0. The summed E-state index contributed by atoms with van der Waals surface area (Å²) in [7, 11) is 2.83. The van der Waals surface area contributed by atoms with Gasteiger partial charge in [0.1, 0.15) is 5.69 Å². The molecular weight excluding hydrogens is 280 g/mol. The van der Waals surface area contributed by atoms with E-state index in [2.05, 4.69) is 5.10 Å². The number of nitrogens with zero attached hydrogens (tertiary/aromatic N) is 5. The molecule has 21 heavy (non-hydrogen) atoms. The first-order valence-electron chi connectivity index (χ1n) is 5.85. The van der Waals surface area contributed by atoms with Crippen molar-refractivity contribution in [2.75, 3.05) is 5.73 Å². The van der Waals surface area contributed by atoms with Crippen molar-refractivity contribution in [3.8, 4) is 0 Å². The van der Waals surface area contributed by atoms with Gasteiger partial charge in [0.15, 0.2) is 5.65 Å². The summed E-state index contributed by atoms with van der Waals surface area (Å²) < 4.78 is 3.07. The summed E-state index contributed by atoms with van der Waals surface area (Å²) in [6.45, 7) is 0. The number of anilines is 1. The number of hydrogen-bond acceptors (Lipinski definition) is 6. The Morgan fingerprint density at radius 3 is 2.52 bits per heavy atom. The molecule has 2 aromatic heterocycles. The van der Waals surface area contributed by atoms with E-state index >= 15 is 0 Å². The van der Waals surface area contributed by atoms with Gasteiger partial charge in [-0.2, -0.15) is 4.40 Å². The molecule has 10 nitrogen and oxygen atoms in total. The first kappa shape index (κ1) is 12.8. The molecule has 2 N–H and O–H groups in total. The summed E-state index contributed by atoms with van der Waals surface area (Å²) >= 11 is 0. The molecule has 0 aliphatic heterocycles. The molecule has 1 aromatic carbocycles. The molecule has 10 heteroatoms. The van der Waals surface area contributed by atoms with Crippen molar-refractivity contribution >= 4 is 27.9 Å². The second-order valence-corrected chi connectivity index (χ2v) is 4.59. The highest BCUT2D eigenvalue weighted by molar-refractivity contribution is 5.96. The summed E-state index contributed by atoms with van der Waals surface area (Å²) in [5.41, 5.74) is 4.46. The van der Waals surface area contributed by atoms with Gasteiger partial charge in [-0.25, -0.2) is 14.3 Å². The Hall–Kier alpha value is -3.17. The maximum absolute atomic E-state index is 12.2. The molecule has 0 fully saturated rings. The van der Waals surface area contributed by atoms with Gasteiger partial charge in [0.25, 0.3) is 5.69 Å². The number of aryl methyl sites for hydroxylation is 2. The zero-order chi connectivity index (χ0) is 15.5. The largest absolute Gasteiger partial charge is 0.393 e. The molecule has 0 radical (unpaired) electrons. The Kier molecular flexibility index (Phi) is 2.39. The van der Waals surface area contributed by atoms with Crippen LogP contribution < -0.4 is 17.1 Å². The van der Waals surface area contributed by atoms with Crippen molar-refractivity contribution in [2.45, 2.75) is 0 Å². The van der Waals surface area contributed by atoms with Crippen LogP contribution in [-0.2, 0) is 14.1 Å². The molecule has 3 aromatic rings. The second-order valence-electron chi connectivity index (χ2n) is 4.59. The number of aromatic nitrogens is 4. The number of fused-ring (bicyclic) bond motifs is 3. The van der Waals surface area contributed by atoms with E-state index in [1.807, 2.05) is 0 Å². The van der Waals surface area contributed by atoms with Crippen LogP contribution in [-0.4, -0.2) is 23.7 Å². The highest BCUT2D eigenvalue weighted by Crippen LogP contribution is 2.28. The van der Waals surface area contributed by atoms with Gasteiger partial charge in [0.05, 0.1) is 10.4 Å². The number of rotatable bonds is 1. The number of benzene rings is 1. The lowest BCUT2D eigenvalue weighted by molar-refractivity contribution is -0.383. The highest BCUT2D eigenvalue weighted by atomic mass is 16.6. The third-order valence-corrected chi connectivity index (χ3v) is 3.35. The first-order chi connectivity index (χ1) is 9.82. The van der Waals surface area contributed by atoms with Gasteiger partial charge in [-0.1, -0.05) is 0 Å². The van der Waals surface area contributed by atoms with Crippen LogP contribution in [0.5, 0.6) is 0 Å². The van der Waals surface area contributed by atoms with Crippen LogP contribution in [0.15, 0.2) is 21.7 Å². The van der Waals surface area contributed by atoms with E-state index in [4.69, 9.17) is 5.73 Å². The molecule has 3 rings (SSSR count). The molecule has 0 saturated heterocycles. The van der Waals surface area contributed by atoms with Crippen LogP contribution in [0.1, 0.15) is 0 Å². The third kappa shape index (κ3) is 1.55. The summed E-state index contributed by atoms with van der Waals surface area (Å²) in [5.74, 6) is 0. The van der Waals surface area contributed by atoms with Crippen LogP contribution in [0.4, 0.5) is 11.4 Å². The van der Waals surface area contributed by atoms with Gasteiger partial charge in [-0.3, -0.25) is 14.7 Å². The molecule has 0 amide bonds. The molecule has 0 aliphatic rings. The highest BCUT2D eigenvalue weighted by Gasteiger charge is 2.19. The molecule has 0 atom stereocenters. The lowest BCUT2D eigenvalue weighted by atomic mass is 10.2. The molecule has 0 bridgehead atoms. The number of nitrogens with two attached hydrogens (primary N) is 1.